The Labute approximate surface area is 169 Å². The van der Waals surface area contributed by atoms with Gasteiger partial charge in [0, 0.05) is 60.8 Å². The monoisotopic (exact) mass is 395 g/mol. The molecule has 2 rings (SSSR count). The number of nitrogens with one attached hydrogen (secondary N) is 3. The highest BCUT2D eigenvalue weighted by atomic mass is 16.3. The van der Waals surface area contributed by atoms with Gasteiger partial charge in [0.2, 0.25) is 5.91 Å². The Kier molecular flexibility index (Phi) is 8.71. The smallest absolute Gasteiger partial charge is 0.248 e. The fourth-order valence-corrected chi connectivity index (χ4v) is 2.52. The molecule has 0 aliphatic carbocycles. The van der Waals surface area contributed by atoms with Gasteiger partial charge in [0.15, 0.2) is 0 Å². The molecule has 1 heterocycles. The van der Waals surface area contributed by atoms with Gasteiger partial charge in [0.1, 0.15) is 0 Å². The highest BCUT2D eigenvalue weighted by molar-refractivity contribution is 6.10. The van der Waals surface area contributed by atoms with Gasteiger partial charge in [-0.15, -0.1) is 0 Å². The minimum absolute atomic E-state index is 0.281. The molecule has 8 heteroatoms. The summed E-state index contributed by atoms with van der Waals surface area (Å²) >= 11 is 0. The maximum Gasteiger partial charge on any atom is 0.248 e. The number of nitrogens with zero attached hydrogens (tertiary/aromatic N) is 1. The van der Waals surface area contributed by atoms with Crippen LogP contribution in [0.5, 0.6) is 0 Å². The SMILES string of the molecule is N=CC(=CN)c1ccncc1/C=C/C(=O)Nc1ccc(CNCC(O)CO)cc1. The normalized spacial score (nSPS) is 12.7. The van der Waals surface area contributed by atoms with Crippen LogP contribution in [-0.4, -0.2) is 46.6 Å². The average molecular weight is 395 g/mol. The lowest BCUT2D eigenvalue weighted by Crippen LogP contribution is -2.28. The molecule has 1 unspecified atom stereocenters. The van der Waals surface area contributed by atoms with Crippen molar-refractivity contribution in [1.29, 1.82) is 5.41 Å². The van der Waals surface area contributed by atoms with Crippen molar-refractivity contribution in [2.24, 2.45) is 5.73 Å². The lowest BCUT2D eigenvalue weighted by molar-refractivity contribution is -0.111. The van der Waals surface area contributed by atoms with E-state index in [-0.39, 0.29) is 12.5 Å². The van der Waals surface area contributed by atoms with Crippen LogP contribution in [0.1, 0.15) is 16.7 Å². The minimum atomic E-state index is -0.781. The van der Waals surface area contributed by atoms with Crippen LogP contribution >= 0.6 is 0 Å². The summed E-state index contributed by atoms with van der Waals surface area (Å²) in [6.07, 6.45) is 7.91. The molecule has 0 saturated heterocycles. The third-order valence-corrected chi connectivity index (χ3v) is 4.05. The first-order valence-electron chi connectivity index (χ1n) is 9.01. The Morgan fingerprint density at radius 3 is 2.69 bits per heavy atom. The zero-order chi connectivity index (χ0) is 21.1. The summed E-state index contributed by atoms with van der Waals surface area (Å²) in [4.78, 5) is 16.3. The molecule has 0 bridgehead atoms. The summed E-state index contributed by atoms with van der Waals surface area (Å²) in [6.45, 7) is 0.561. The Balaban J connectivity index is 1.95. The summed E-state index contributed by atoms with van der Waals surface area (Å²) in [7, 11) is 0. The predicted molar refractivity (Wildman–Crippen MR) is 114 cm³/mol. The number of aliphatic hydroxyl groups excluding tert-OH is 2. The van der Waals surface area contributed by atoms with Crippen LogP contribution in [-0.2, 0) is 11.3 Å². The molecule has 1 aromatic heterocycles. The summed E-state index contributed by atoms with van der Waals surface area (Å²) in [5.41, 5.74) is 9.09. The fraction of sp³-hybridized carbons (Fsp3) is 0.190. The van der Waals surface area contributed by atoms with E-state index in [4.69, 9.17) is 16.2 Å². The number of nitrogens with two attached hydrogens (primary N) is 1. The van der Waals surface area contributed by atoms with Crippen LogP contribution in [0.2, 0.25) is 0 Å². The lowest BCUT2D eigenvalue weighted by atomic mass is 10.0. The molecule has 2 aromatic rings. The summed E-state index contributed by atoms with van der Waals surface area (Å²) in [5.74, 6) is -0.301. The highest BCUT2D eigenvalue weighted by Crippen LogP contribution is 2.17. The molecule has 7 N–H and O–H groups in total. The van der Waals surface area contributed by atoms with Crippen molar-refractivity contribution in [1.82, 2.24) is 10.3 Å². The Morgan fingerprint density at radius 1 is 1.28 bits per heavy atom. The minimum Gasteiger partial charge on any atom is -0.404 e. The molecular formula is C21H25N5O3. The lowest BCUT2D eigenvalue weighted by Gasteiger charge is -2.09. The first-order chi connectivity index (χ1) is 14.1. The standard InChI is InChI=1S/C21H25N5O3/c22-9-17(10-23)20-7-8-24-12-16(20)3-6-21(29)26-18-4-1-15(2-5-18)11-25-13-19(28)14-27/h1-10,12,19,22,25,27-28H,11,13-14,23H2,(H,26,29)/b6-3+,17-10?,22-9?. The maximum absolute atomic E-state index is 12.2. The summed E-state index contributed by atoms with van der Waals surface area (Å²) in [6, 6.07) is 9.02. The molecule has 0 fully saturated rings. The van der Waals surface area contributed by atoms with Crippen LogP contribution in [0.3, 0.4) is 0 Å². The third kappa shape index (κ3) is 6.96. The quantitative estimate of drug-likeness (QED) is 0.263. The Bertz CT molecular complexity index is 878. The predicted octanol–water partition coefficient (Wildman–Crippen LogP) is 1.13. The Hall–Kier alpha value is -3.33. The van der Waals surface area contributed by atoms with Crippen LogP contribution in [0.25, 0.3) is 11.6 Å². The second-order valence-corrected chi connectivity index (χ2v) is 6.22. The third-order valence-electron chi connectivity index (χ3n) is 4.05. The van der Waals surface area contributed by atoms with Gasteiger partial charge in [-0.2, -0.15) is 0 Å². The molecule has 8 nitrogen and oxygen atoms in total. The van der Waals surface area contributed by atoms with Gasteiger partial charge in [-0.3, -0.25) is 9.78 Å². The molecular weight excluding hydrogens is 370 g/mol. The number of amides is 1. The number of pyridine rings is 1. The van der Waals surface area contributed by atoms with Gasteiger partial charge in [-0.05, 0) is 35.4 Å². The molecule has 1 atom stereocenters. The zero-order valence-electron chi connectivity index (χ0n) is 15.9. The first kappa shape index (κ1) is 22.0. The van der Waals surface area contributed by atoms with Crippen LogP contribution in [0.4, 0.5) is 5.69 Å². The van der Waals surface area contributed by atoms with Gasteiger partial charge in [-0.1, -0.05) is 12.1 Å². The van der Waals surface area contributed by atoms with Crippen molar-refractivity contribution >= 4 is 29.5 Å². The largest absolute Gasteiger partial charge is 0.404 e. The number of rotatable bonds is 10. The van der Waals surface area contributed by atoms with E-state index in [1.807, 2.05) is 12.1 Å². The van der Waals surface area contributed by atoms with Crippen LogP contribution < -0.4 is 16.4 Å². The van der Waals surface area contributed by atoms with Crippen molar-refractivity contribution in [3.05, 3.63) is 71.7 Å². The van der Waals surface area contributed by atoms with Crippen molar-refractivity contribution in [3.8, 4) is 0 Å². The molecule has 0 aliphatic heterocycles. The summed E-state index contributed by atoms with van der Waals surface area (Å²) in [5, 5.41) is 31.3. The maximum atomic E-state index is 12.2. The highest BCUT2D eigenvalue weighted by Gasteiger charge is 2.05. The number of aliphatic hydroxyl groups is 2. The van der Waals surface area contributed by atoms with Crippen LogP contribution in [0, 0.1) is 5.41 Å². The van der Waals surface area contributed by atoms with Crippen molar-refractivity contribution < 1.29 is 15.0 Å². The van der Waals surface area contributed by atoms with Crippen molar-refractivity contribution in [2.75, 3.05) is 18.5 Å². The Morgan fingerprint density at radius 2 is 2.03 bits per heavy atom. The van der Waals surface area contributed by atoms with E-state index in [1.54, 1.807) is 36.7 Å². The van der Waals surface area contributed by atoms with E-state index in [0.717, 1.165) is 11.8 Å². The molecule has 29 heavy (non-hydrogen) atoms. The molecule has 1 amide bonds. The number of anilines is 1. The molecule has 1 aromatic carbocycles. The number of aromatic nitrogens is 1. The van der Waals surface area contributed by atoms with Crippen molar-refractivity contribution in [2.45, 2.75) is 12.6 Å². The molecule has 0 saturated carbocycles. The van der Waals surface area contributed by atoms with Gasteiger partial charge in [-0.25, -0.2) is 0 Å². The number of allylic oxidation sites excluding steroid dienone is 1. The molecule has 0 spiro atoms. The van der Waals surface area contributed by atoms with E-state index in [2.05, 4.69) is 15.6 Å². The number of hydrogen-bond acceptors (Lipinski definition) is 7. The zero-order valence-corrected chi connectivity index (χ0v) is 15.9. The fourth-order valence-electron chi connectivity index (χ4n) is 2.52. The topological polar surface area (TPSA) is 144 Å². The van der Waals surface area contributed by atoms with Gasteiger partial charge < -0.3 is 32.0 Å². The van der Waals surface area contributed by atoms with E-state index in [9.17, 15) is 9.90 Å². The number of hydrogen-bond donors (Lipinski definition) is 6. The van der Waals surface area contributed by atoms with Crippen LogP contribution in [0.15, 0.2) is 55.0 Å². The number of benzene rings is 1. The van der Waals surface area contributed by atoms with E-state index in [0.29, 0.717) is 35.5 Å². The second kappa shape index (κ2) is 11.5. The van der Waals surface area contributed by atoms with E-state index < -0.39 is 6.10 Å². The molecule has 152 valence electrons. The molecule has 0 aliphatic rings. The summed E-state index contributed by atoms with van der Waals surface area (Å²) < 4.78 is 0. The second-order valence-electron chi connectivity index (χ2n) is 6.22. The average Bonchev–Trinajstić information content (AvgIpc) is 2.75. The first-order valence-corrected chi connectivity index (χ1v) is 9.01. The van der Waals surface area contributed by atoms with Crippen molar-refractivity contribution in [3.63, 3.8) is 0 Å². The van der Waals surface area contributed by atoms with E-state index in [1.165, 1.54) is 12.3 Å². The number of carbonyl (C=O) groups excluding carboxylic acids is 1. The van der Waals surface area contributed by atoms with E-state index >= 15 is 0 Å². The number of carbonyl (C=O) groups is 1. The van der Waals surface area contributed by atoms with Gasteiger partial charge in [0.25, 0.3) is 0 Å². The van der Waals surface area contributed by atoms with Gasteiger partial charge in [0.05, 0.1) is 12.7 Å². The molecule has 0 radical (unpaired) electrons. The van der Waals surface area contributed by atoms with Gasteiger partial charge >= 0.3 is 0 Å².